The zero-order valence-electron chi connectivity index (χ0n) is 8.58. The van der Waals surface area contributed by atoms with E-state index in [4.69, 9.17) is 17.3 Å². The molecule has 0 aromatic heterocycles. The molecule has 2 N–H and O–H groups in total. The van der Waals surface area contributed by atoms with Crippen molar-refractivity contribution in [3.05, 3.63) is 53.1 Å². The van der Waals surface area contributed by atoms with Crippen LogP contribution in [0.2, 0.25) is 5.02 Å². The Balaban J connectivity index is 2.35. The second-order valence-corrected chi connectivity index (χ2v) is 4.83. The molecule has 0 spiro atoms. The molecule has 0 radical (unpaired) electrons. The van der Waals surface area contributed by atoms with Crippen LogP contribution >= 0.6 is 23.4 Å². The molecule has 2 aromatic rings. The maximum absolute atomic E-state index is 13.0. The van der Waals surface area contributed by atoms with Crippen molar-refractivity contribution in [1.29, 1.82) is 0 Å². The lowest BCUT2D eigenvalue weighted by molar-refractivity contribution is 0.506. The monoisotopic (exact) mass is 271 g/mol. The smallest absolute Gasteiger partial charge is 0.159 e. The van der Waals surface area contributed by atoms with E-state index in [1.54, 1.807) is 18.2 Å². The van der Waals surface area contributed by atoms with Crippen molar-refractivity contribution in [3.8, 4) is 0 Å². The van der Waals surface area contributed by atoms with E-state index in [9.17, 15) is 8.78 Å². The largest absolute Gasteiger partial charge is 0.398 e. The molecule has 0 aliphatic heterocycles. The molecule has 1 nitrogen and oxygen atoms in total. The predicted octanol–water partition coefficient (Wildman–Crippen LogP) is 4.35. The van der Waals surface area contributed by atoms with Crippen LogP contribution in [0.4, 0.5) is 14.5 Å². The van der Waals surface area contributed by atoms with Crippen LogP contribution in [0.5, 0.6) is 0 Å². The van der Waals surface area contributed by atoms with Crippen molar-refractivity contribution in [2.45, 2.75) is 9.79 Å². The first-order chi connectivity index (χ1) is 8.08. The average molecular weight is 272 g/mol. The Hall–Kier alpha value is -1.26. The molecule has 0 fully saturated rings. The van der Waals surface area contributed by atoms with Gasteiger partial charge in [0, 0.05) is 10.6 Å². The summed E-state index contributed by atoms with van der Waals surface area (Å²) in [4.78, 5) is 1.18. The summed E-state index contributed by atoms with van der Waals surface area (Å²) in [5, 5.41) is 0.486. The van der Waals surface area contributed by atoms with Gasteiger partial charge in [0.25, 0.3) is 0 Å². The first-order valence-corrected chi connectivity index (χ1v) is 5.94. The number of rotatable bonds is 2. The topological polar surface area (TPSA) is 26.0 Å². The molecule has 0 saturated heterocycles. The number of benzene rings is 2. The van der Waals surface area contributed by atoms with Crippen LogP contribution in [0, 0.1) is 11.6 Å². The molecule has 0 unspecified atom stereocenters. The Morgan fingerprint density at radius 2 is 1.82 bits per heavy atom. The van der Waals surface area contributed by atoms with Crippen molar-refractivity contribution in [2.75, 3.05) is 5.73 Å². The number of anilines is 1. The van der Waals surface area contributed by atoms with Crippen LogP contribution in [0.1, 0.15) is 0 Å². The molecule has 0 bridgehead atoms. The summed E-state index contributed by atoms with van der Waals surface area (Å²) in [6.45, 7) is 0. The minimum absolute atomic E-state index is 0.486. The molecule has 0 heterocycles. The normalized spacial score (nSPS) is 10.5. The van der Waals surface area contributed by atoms with E-state index < -0.39 is 11.6 Å². The summed E-state index contributed by atoms with van der Waals surface area (Å²) in [5.74, 6) is -1.76. The lowest BCUT2D eigenvalue weighted by Gasteiger charge is -2.07. The number of hydrogen-bond acceptors (Lipinski definition) is 2. The SMILES string of the molecule is Nc1cccc(Cl)c1Sc1ccc(F)c(F)c1. The highest BCUT2D eigenvalue weighted by Gasteiger charge is 2.08. The Morgan fingerprint density at radius 1 is 1.06 bits per heavy atom. The highest BCUT2D eigenvalue weighted by Crippen LogP contribution is 2.37. The molecule has 0 amide bonds. The van der Waals surface area contributed by atoms with Gasteiger partial charge in [0.05, 0.1) is 9.92 Å². The quantitative estimate of drug-likeness (QED) is 0.822. The molecule has 2 aromatic carbocycles. The van der Waals surface area contributed by atoms with Crippen LogP contribution < -0.4 is 5.73 Å². The van der Waals surface area contributed by atoms with Crippen molar-refractivity contribution >= 4 is 29.1 Å². The van der Waals surface area contributed by atoms with Gasteiger partial charge < -0.3 is 5.73 Å². The fraction of sp³-hybridized carbons (Fsp3) is 0. The van der Waals surface area contributed by atoms with Crippen LogP contribution in [-0.4, -0.2) is 0 Å². The Morgan fingerprint density at radius 3 is 2.47 bits per heavy atom. The van der Waals surface area contributed by atoms with E-state index in [0.717, 1.165) is 12.1 Å². The number of nitrogens with two attached hydrogens (primary N) is 1. The third kappa shape index (κ3) is 2.70. The molecular weight excluding hydrogens is 264 g/mol. The van der Waals surface area contributed by atoms with Gasteiger partial charge in [-0.3, -0.25) is 0 Å². The van der Waals surface area contributed by atoms with E-state index >= 15 is 0 Å². The molecule has 5 heteroatoms. The van der Waals surface area contributed by atoms with E-state index in [1.165, 1.54) is 17.8 Å². The van der Waals surface area contributed by atoms with Crippen molar-refractivity contribution in [1.82, 2.24) is 0 Å². The van der Waals surface area contributed by atoms with Gasteiger partial charge in [-0.05, 0) is 30.3 Å². The average Bonchev–Trinajstić information content (AvgIpc) is 2.28. The van der Waals surface area contributed by atoms with Gasteiger partial charge in [-0.1, -0.05) is 29.4 Å². The van der Waals surface area contributed by atoms with E-state index in [-0.39, 0.29) is 0 Å². The van der Waals surface area contributed by atoms with Crippen LogP contribution in [0.15, 0.2) is 46.2 Å². The van der Waals surface area contributed by atoms with Crippen molar-refractivity contribution in [2.24, 2.45) is 0 Å². The third-order valence-corrected chi connectivity index (χ3v) is 3.68. The second-order valence-electron chi connectivity index (χ2n) is 3.34. The minimum atomic E-state index is -0.888. The van der Waals surface area contributed by atoms with Crippen LogP contribution in [-0.2, 0) is 0 Å². The highest BCUT2D eigenvalue weighted by atomic mass is 35.5. The lowest BCUT2D eigenvalue weighted by Crippen LogP contribution is -1.89. The fourth-order valence-corrected chi connectivity index (χ4v) is 2.47. The summed E-state index contributed by atoms with van der Waals surface area (Å²) < 4.78 is 25.8. The lowest BCUT2D eigenvalue weighted by atomic mass is 10.3. The fourth-order valence-electron chi connectivity index (χ4n) is 1.29. The number of nitrogen functional groups attached to an aromatic ring is 1. The maximum atomic E-state index is 13.0. The van der Waals surface area contributed by atoms with Gasteiger partial charge in [0.2, 0.25) is 0 Å². The summed E-state index contributed by atoms with van der Waals surface area (Å²) in [6.07, 6.45) is 0. The van der Waals surface area contributed by atoms with E-state index in [0.29, 0.717) is 20.5 Å². The maximum Gasteiger partial charge on any atom is 0.159 e. The first-order valence-electron chi connectivity index (χ1n) is 4.75. The van der Waals surface area contributed by atoms with Crippen molar-refractivity contribution < 1.29 is 8.78 Å². The highest BCUT2D eigenvalue weighted by molar-refractivity contribution is 7.99. The predicted molar refractivity (Wildman–Crippen MR) is 66.3 cm³/mol. The molecular formula is C12H8ClF2NS. The summed E-state index contributed by atoms with van der Waals surface area (Å²) in [6, 6.07) is 8.79. The molecule has 2 rings (SSSR count). The molecule has 88 valence electrons. The van der Waals surface area contributed by atoms with Gasteiger partial charge in [-0.2, -0.15) is 0 Å². The molecule has 0 aliphatic carbocycles. The molecule has 0 aliphatic rings. The van der Waals surface area contributed by atoms with Gasteiger partial charge >= 0.3 is 0 Å². The van der Waals surface area contributed by atoms with Gasteiger partial charge in [-0.15, -0.1) is 0 Å². The van der Waals surface area contributed by atoms with Crippen molar-refractivity contribution in [3.63, 3.8) is 0 Å². The number of halogens is 3. The molecule has 0 atom stereocenters. The minimum Gasteiger partial charge on any atom is -0.398 e. The van der Waals surface area contributed by atoms with Gasteiger partial charge in [-0.25, -0.2) is 8.78 Å². The second kappa shape index (κ2) is 4.94. The van der Waals surface area contributed by atoms with Crippen LogP contribution in [0.3, 0.4) is 0 Å². The third-order valence-electron chi connectivity index (χ3n) is 2.11. The summed E-state index contributed by atoms with van der Waals surface area (Å²) in [5.41, 5.74) is 6.27. The standard InChI is InChI=1S/C12H8ClF2NS/c13-8-2-1-3-11(16)12(8)17-7-4-5-9(14)10(15)6-7/h1-6H,16H2. The van der Waals surface area contributed by atoms with E-state index in [1.807, 2.05) is 0 Å². The van der Waals surface area contributed by atoms with Gasteiger partial charge in [0.15, 0.2) is 11.6 Å². The Bertz CT molecular complexity index is 540. The molecule has 0 saturated carbocycles. The van der Waals surface area contributed by atoms with Gasteiger partial charge in [0.1, 0.15) is 0 Å². The number of hydrogen-bond donors (Lipinski definition) is 1. The summed E-state index contributed by atoms with van der Waals surface area (Å²) in [7, 11) is 0. The summed E-state index contributed by atoms with van der Waals surface area (Å²) >= 11 is 7.18. The molecule has 17 heavy (non-hydrogen) atoms. The Kier molecular flexibility index (Phi) is 3.54. The van der Waals surface area contributed by atoms with Crippen LogP contribution in [0.25, 0.3) is 0 Å². The zero-order valence-corrected chi connectivity index (χ0v) is 10.2. The Labute approximate surface area is 107 Å². The van der Waals surface area contributed by atoms with E-state index in [2.05, 4.69) is 0 Å². The zero-order chi connectivity index (χ0) is 12.4. The first kappa shape index (κ1) is 12.2.